The lowest BCUT2D eigenvalue weighted by Gasteiger charge is -2.22. The van der Waals surface area contributed by atoms with E-state index < -0.39 is 11.9 Å². The quantitative estimate of drug-likeness (QED) is 0.660. The number of nitrogens with one attached hydrogen (secondary N) is 1. The lowest BCUT2D eigenvalue weighted by atomic mass is 9.88. The van der Waals surface area contributed by atoms with Gasteiger partial charge in [-0.05, 0) is 48.7 Å². The van der Waals surface area contributed by atoms with E-state index in [9.17, 15) is 18.0 Å². The summed E-state index contributed by atoms with van der Waals surface area (Å²) in [6, 6.07) is 7.82. The SMILES string of the molecule is O=C1Cc2cc(-n3c(C4CCCCC4)nc4ccc(C(F)(F)F)nc43)ccc2N1. The van der Waals surface area contributed by atoms with Crippen LogP contribution in [-0.4, -0.2) is 20.4 Å². The third-order valence-corrected chi connectivity index (χ3v) is 5.76. The van der Waals surface area contributed by atoms with E-state index in [0.717, 1.165) is 48.8 Å². The molecule has 0 saturated heterocycles. The van der Waals surface area contributed by atoms with Crippen molar-refractivity contribution in [3.63, 3.8) is 0 Å². The summed E-state index contributed by atoms with van der Waals surface area (Å²) >= 11 is 0. The van der Waals surface area contributed by atoms with Crippen molar-refractivity contribution in [3.8, 4) is 5.69 Å². The lowest BCUT2D eigenvalue weighted by Crippen LogP contribution is -2.12. The van der Waals surface area contributed by atoms with Crippen LogP contribution in [0.2, 0.25) is 0 Å². The van der Waals surface area contributed by atoms with Gasteiger partial charge in [-0.1, -0.05) is 19.3 Å². The molecule has 0 unspecified atom stereocenters. The molecule has 1 aromatic carbocycles. The number of carbonyl (C=O) groups excluding carboxylic acids is 1. The molecule has 5 rings (SSSR count). The zero-order valence-corrected chi connectivity index (χ0v) is 15.6. The van der Waals surface area contributed by atoms with Crippen LogP contribution in [0, 0.1) is 0 Å². The van der Waals surface area contributed by atoms with Crippen molar-refractivity contribution in [2.24, 2.45) is 0 Å². The number of amides is 1. The molecule has 5 nitrogen and oxygen atoms in total. The fourth-order valence-electron chi connectivity index (χ4n) is 4.38. The van der Waals surface area contributed by atoms with Crippen LogP contribution in [-0.2, 0) is 17.4 Å². The Labute approximate surface area is 165 Å². The maximum absolute atomic E-state index is 13.3. The van der Waals surface area contributed by atoms with Crippen molar-refractivity contribution in [1.29, 1.82) is 0 Å². The summed E-state index contributed by atoms with van der Waals surface area (Å²) in [5.74, 6) is 0.849. The Bertz CT molecular complexity index is 1110. The second-order valence-corrected chi connectivity index (χ2v) is 7.74. The number of benzene rings is 1. The Hall–Kier alpha value is -2.90. The second-order valence-electron chi connectivity index (χ2n) is 7.74. The summed E-state index contributed by atoms with van der Waals surface area (Å²) in [5.41, 5.74) is 1.99. The summed E-state index contributed by atoms with van der Waals surface area (Å²) in [4.78, 5) is 20.3. The number of rotatable bonds is 2. The van der Waals surface area contributed by atoms with Crippen molar-refractivity contribution in [2.75, 3.05) is 5.32 Å². The Kier molecular flexibility index (Phi) is 4.11. The number of aromatic nitrogens is 3. The number of fused-ring (bicyclic) bond motifs is 2. The van der Waals surface area contributed by atoms with Gasteiger partial charge in [0.1, 0.15) is 17.0 Å². The van der Waals surface area contributed by atoms with Crippen LogP contribution in [0.5, 0.6) is 0 Å². The Morgan fingerprint density at radius 2 is 1.83 bits per heavy atom. The molecule has 0 radical (unpaired) electrons. The molecule has 3 heterocycles. The minimum Gasteiger partial charge on any atom is -0.326 e. The van der Waals surface area contributed by atoms with Crippen LogP contribution in [0.15, 0.2) is 30.3 Å². The van der Waals surface area contributed by atoms with Gasteiger partial charge in [-0.25, -0.2) is 9.97 Å². The van der Waals surface area contributed by atoms with Gasteiger partial charge in [0, 0.05) is 17.3 Å². The molecule has 1 saturated carbocycles. The largest absolute Gasteiger partial charge is 0.433 e. The summed E-state index contributed by atoms with van der Waals surface area (Å²) in [6.07, 6.45) is 0.981. The van der Waals surface area contributed by atoms with Gasteiger partial charge < -0.3 is 5.32 Å². The average Bonchev–Trinajstić information content (AvgIpc) is 3.26. The molecule has 2 aromatic heterocycles. The fraction of sp³-hybridized carbons (Fsp3) is 0.381. The normalized spacial score (nSPS) is 17.6. The number of hydrogen-bond acceptors (Lipinski definition) is 3. The lowest BCUT2D eigenvalue weighted by molar-refractivity contribution is -0.141. The molecule has 1 amide bonds. The van der Waals surface area contributed by atoms with Crippen LogP contribution in [0.3, 0.4) is 0 Å². The molecule has 0 bridgehead atoms. The molecule has 3 aromatic rings. The maximum Gasteiger partial charge on any atom is 0.433 e. The molecule has 1 aliphatic carbocycles. The highest BCUT2D eigenvalue weighted by Gasteiger charge is 2.34. The van der Waals surface area contributed by atoms with Gasteiger partial charge >= 0.3 is 6.18 Å². The second kappa shape index (κ2) is 6.57. The van der Waals surface area contributed by atoms with Crippen molar-refractivity contribution < 1.29 is 18.0 Å². The minimum atomic E-state index is -4.53. The Balaban J connectivity index is 1.72. The first-order valence-corrected chi connectivity index (χ1v) is 9.80. The van der Waals surface area contributed by atoms with E-state index in [4.69, 9.17) is 4.98 Å². The molecular weight excluding hydrogens is 381 g/mol. The summed E-state index contributed by atoms with van der Waals surface area (Å²) in [5, 5.41) is 2.79. The molecular formula is C21H19F3N4O. The van der Waals surface area contributed by atoms with E-state index >= 15 is 0 Å². The van der Waals surface area contributed by atoms with Gasteiger partial charge in [0.15, 0.2) is 5.65 Å². The van der Waals surface area contributed by atoms with Crippen molar-refractivity contribution in [3.05, 3.63) is 47.4 Å². The number of alkyl halides is 3. The van der Waals surface area contributed by atoms with Crippen LogP contribution in [0.25, 0.3) is 16.9 Å². The molecule has 0 spiro atoms. The maximum atomic E-state index is 13.3. The number of pyridine rings is 1. The Morgan fingerprint density at radius 3 is 2.59 bits per heavy atom. The molecule has 1 N–H and O–H groups in total. The summed E-state index contributed by atoms with van der Waals surface area (Å²) in [7, 11) is 0. The first kappa shape index (κ1) is 18.1. The zero-order valence-electron chi connectivity index (χ0n) is 15.6. The Morgan fingerprint density at radius 1 is 1.03 bits per heavy atom. The van der Waals surface area contributed by atoms with E-state index in [1.807, 2.05) is 6.07 Å². The summed E-state index contributed by atoms with van der Waals surface area (Å²) in [6.45, 7) is 0. The monoisotopic (exact) mass is 400 g/mol. The number of halogens is 3. The van der Waals surface area contributed by atoms with Crippen molar-refractivity contribution in [2.45, 2.75) is 50.6 Å². The van der Waals surface area contributed by atoms with Gasteiger partial charge in [-0.2, -0.15) is 13.2 Å². The van der Waals surface area contributed by atoms with Gasteiger partial charge in [0.2, 0.25) is 5.91 Å². The van der Waals surface area contributed by atoms with Gasteiger partial charge in [0.05, 0.1) is 6.42 Å². The molecule has 150 valence electrons. The van der Waals surface area contributed by atoms with Crippen LogP contribution >= 0.6 is 0 Å². The first-order valence-electron chi connectivity index (χ1n) is 9.80. The highest BCUT2D eigenvalue weighted by atomic mass is 19.4. The third-order valence-electron chi connectivity index (χ3n) is 5.76. The predicted molar refractivity (Wildman–Crippen MR) is 102 cm³/mol. The molecule has 2 aliphatic rings. The number of imidazole rings is 1. The van der Waals surface area contributed by atoms with Crippen LogP contribution in [0.1, 0.15) is 55.1 Å². The van der Waals surface area contributed by atoms with Crippen LogP contribution in [0.4, 0.5) is 18.9 Å². The topological polar surface area (TPSA) is 59.8 Å². The fourth-order valence-corrected chi connectivity index (χ4v) is 4.38. The van der Waals surface area contributed by atoms with E-state index in [1.165, 1.54) is 12.5 Å². The molecule has 0 atom stereocenters. The molecule has 29 heavy (non-hydrogen) atoms. The number of carbonyl (C=O) groups is 1. The standard InChI is InChI=1S/C21H19F3N4O/c22-21(23,24)17-9-8-16-20(27-17)28(19(26-16)12-4-2-1-3-5-12)14-6-7-15-13(10-14)11-18(29)25-15/h6-10,12H,1-5,11H2,(H,25,29). The van der Waals surface area contributed by atoms with Gasteiger partial charge in [-0.15, -0.1) is 0 Å². The third kappa shape index (κ3) is 3.16. The summed E-state index contributed by atoms with van der Waals surface area (Å²) < 4.78 is 41.6. The van der Waals surface area contributed by atoms with Gasteiger partial charge in [-0.3, -0.25) is 9.36 Å². The van der Waals surface area contributed by atoms with Crippen molar-refractivity contribution in [1.82, 2.24) is 14.5 Å². The number of anilines is 1. The van der Waals surface area contributed by atoms with E-state index in [-0.39, 0.29) is 23.9 Å². The van der Waals surface area contributed by atoms with E-state index in [1.54, 1.807) is 16.7 Å². The highest BCUT2D eigenvalue weighted by Crippen LogP contribution is 2.37. The predicted octanol–water partition coefficient (Wildman–Crippen LogP) is 4.98. The number of nitrogens with zero attached hydrogens (tertiary/aromatic N) is 3. The van der Waals surface area contributed by atoms with E-state index in [0.29, 0.717) is 11.2 Å². The number of hydrogen-bond donors (Lipinski definition) is 1. The minimum absolute atomic E-state index is 0.0855. The zero-order chi connectivity index (χ0) is 20.2. The molecule has 8 heteroatoms. The van der Waals surface area contributed by atoms with Gasteiger partial charge in [0.25, 0.3) is 0 Å². The van der Waals surface area contributed by atoms with Crippen LogP contribution < -0.4 is 5.32 Å². The average molecular weight is 400 g/mol. The molecule has 1 fully saturated rings. The van der Waals surface area contributed by atoms with E-state index in [2.05, 4.69) is 10.3 Å². The van der Waals surface area contributed by atoms with Crippen molar-refractivity contribution >= 4 is 22.8 Å². The molecule has 1 aliphatic heterocycles. The first-order chi connectivity index (χ1) is 13.9. The highest BCUT2D eigenvalue weighted by molar-refractivity contribution is 5.99. The smallest absolute Gasteiger partial charge is 0.326 e.